The zero-order chi connectivity index (χ0) is 13.6. The maximum Gasteiger partial charge on any atom is 0.330 e. The Morgan fingerprint density at radius 2 is 2.17 bits per heavy atom. The van der Waals surface area contributed by atoms with Crippen LogP contribution in [0, 0.1) is 0 Å². The molecule has 1 aromatic rings. The van der Waals surface area contributed by atoms with Crippen LogP contribution < -0.4 is 5.32 Å². The van der Waals surface area contributed by atoms with Gasteiger partial charge in [0.25, 0.3) is 0 Å². The van der Waals surface area contributed by atoms with Crippen molar-refractivity contribution >= 4 is 5.97 Å². The number of hydrogen-bond donors (Lipinski definition) is 2. The van der Waals surface area contributed by atoms with Crippen LogP contribution in [0.1, 0.15) is 12.5 Å². The third-order valence-corrected chi connectivity index (χ3v) is 2.80. The van der Waals surface area contributed by atoms with Crippen LogP contribution in [0.15, 0.2) is 24.3 Å². The molecule has 0 fully saturated rings. The number of esters is 1. The number of ether oxygens (including phenoxy) is 2. The Morgan fingerprint density at radius 1 is 1.44 bits per heavy atom. The van der Waals surface area contributed by atoms with Crippen molar-refractivity contribution in [3.05, 3.63) is 29.8 Å². The average Bonchev–Trinajstić information content (AvgIpc) is 2.37. The lowest BCUT2D eigenvalue weighted by molar-refractivity contribution is -0.148. The summed E-state index contributed by atoms with van der Waals surface area (Å²) in [5.41, 5.74) is -0.364. The molecule has 0 aliphatic carbocycles. The lowest BCUT2D eigenvalue weighted by Crippen LogP contribution is -2.48. The van der Waals surface area contributed by atoms with E-state index in [0.717, 1.165) is 0 Å². The molecule has 0 radical (unpaired) electrons. The molecule has 18 heavy (non-hydrogen) atoms. The Balaban J connectivity index is 3.00. The highest BCUT2D eigenvalue weighted by atomic mass is 16.5. The molecular formula is C13H19NO4. The number of rotatable bonds is 6. The van der Waals surface area contributed by atoms with Gasteiger partial charge in [0.1, 0.15) is 11.3 Å². The van der Waals surface area contributed by atoms with Gasteiger partial charge in [-0.25, -0.2) is 4.79 Å². The molecule has 0 aromatic heterocycles. The number of methoxy groups -OCH3 is 2. The predicted octanol–water partition coefficient (Wildman–Crippen LogP) is 1.02. The van der Waals surface area contributed by atoms with Gasteiger partial charge in [0.05, 0.1) is 13.7 Å². The van der Waals surface area contributed by atoms with Crippen molar-refractivity contribution in [2.45, 2.75) is 12.5 Å². The molecule has 5 heteroatoms. The molecule has 0 amide bonds. The highest BCUT2D eigenvalue weighted by Gasteiger charge is 2.35. The monoisotopic (exact) mass is 253 g/mol. The van der Waals surface area contributed by atoms with Crippen molar-refractivity contribution in [3.8, 4) is 5.75 Å². The number of hydrogen-bond acceptors (Lipinski definition) is 5. The minimum Gasteiger partial charge on any atom is -0.508 e. The van der Waals surface area contributed by atoms with Crippen LogP contribution in [-0.2, 0) is 19.8 Å². The van der Waals surface area contributed by atoms with Crippen molar-refractivity contribution in [1.29, 1.82) is 0 Å². The smallest absolute Gasteiger partial charge is 0.330 e. The number of aromatic hydroxyl groups is 1. The first-order chi connectivity index (χ1) is 8.54. The van der Waals surface area contributed by atoms with Gasteiger partial charge in [-0.3, -0.25) is 5.32 Å². The number of benzene rings is 1. The van der Waals surface area contributed by atoms with Crippen LogP contribution in [0.2, 0.25) is 0 Å². The van der Waals surface area contributed by atoms with Crippen LogP contribution in [0.25, 0.3) is 0 Å². The highest BCUT2D eigenvalue weighted by molar-refractivity contribution is 5.82. The van der Waals surface area contributed by atoms with Gasteiger partial charge in [0.2, 0.25) is 0 Å². The fraction of sp³-hybridized carbons (Fsp3) is 0.462. The third-order valence-electron chi connectivity index (χ3n) is 2.80. The molecule has 5 nitrogen and oxygen atoms in total. The second kappa shape index (κ2) is 6.37. The SMILES string of the molecule is COCCNC(C)(C(=O)OC)c1cccc(O)c1. The Labute approximate surface area is 107 Å². The number of phenols is 1. The predicted molar refractivity (Wildman–Crippen MR) is 67.4 cm³/mol. The van der Waals surface area contributed by atoms with Crippen molar-refractivity contribution in [2.75, 3.05) is 27.4 Å². The van der Waals surface area contributed by atoms with Gasteiger partial charge in [0, 0.05) is 13.7 Å². The van der Waals surface area contributed by atoms with Crippen molar-refractivity contribution in [1.82, 2.24) is 5.32 Å². The van der Waals surface area contributed by atoms with Crippen molar-refractivity contribution in [2.24, 2.45) is 0 Å². The van der Waals surface area contributed by atoms with Crippen LogP contribution in [-0.4, -0.2) is 38.4 Å². The Morgan fingerprint density at radius 3 is 2.72 bits per heavy atom. The molecule has 1 rings (SSSR count). The van der Waals surface area contributed by atoms with Crippen LogP contribution >= 0.6 is 0 Å². The first kappa shape index (κ1) is 14.5. The van der Waals surface area contributed by atoms with Gasteiger partial charge < -0.3 is 14.6 Å². The van der Waals surface area contributed by atoms with E-state index in [1.807, 2.05) is 0 Å². The molecule has 0 aliphatic heterocycles. The zero-order valence-corrected chi connectivity index (χ0v) is 10.9. The molecule has 100 valence electrons. The Bertz CT molecular complexity index is 408. The first-order valence-corrected chi connectivity index (χ1v) is 5.66. The topological polar surface area (TPSA) is 67.8 Å². The molecule has 0 spiro atoms. The molecule has 0 saturated carbocycles. The van der Waals surface area contributed by atoms with E-state index in [0.29, 0.717) is 18.7 Å². The number of carbonyl (C=O) groups is 1. The summed E-state index contributed by atoms with van der Waals surface area (Å²) >= 11 is 0. The number of carbonyl (C=O) groups excluding carboxylic acids is 1. The van der Waals surface area contributed by atoms with E-state index in [1.165, 1.54) is 13.2 Å². The summed E-state index contributed by atoms with van der Waals surface area (Å²) in [7, 11) is 2.92. The Hall–Kier alpha value is -1.59. The molecule has 0 saturated heterocycles. The molecule has 0 aliphatic rings. The fourth-order valence-electron chi connectivity index (χ4n) is 1.72. The third kappa shape index (κ3) is 3.21. The van der Waals surface area contributed by atoms with Crippen molar-refractivity contribution < 1.29 is 19.4 Å². The number of phenolic OH excluding ortho intramolecular Hbond substituents is 1. The molecular weight excluding hydrogens is 234 g/mol. The van der Waals surface area contributed by atoms with Gasteiger partial charge in [-0.1, -0.05) is 12.1 Å². The van der Waals surface area contributed by atoms with Crippen molar-refractivity contribution in [3.63, 3.8) is 0 Å². The van der Waals surface area contributed by atoms with E-state index in [4.69, 9.17) is 9.47 Å². The van der Waals surface area contributed by atoms with Gasteiger partial charge >= 0.3 is 5.97 Å². The second-order valence-electron chi connectivity index (χ2n) is 4.09. The highest BCUT2D eigenvalue weighted by Crippen LogP contribution is 2.25. The zero-order valence-electron chi connectivity index (χ0n) is 10.9. The van der Waals surface area contributed by atoms with Crippen LogP contribution in [0.4, 0.5) is 0 Å². The quantitative estimate of drug-likeness (QED) is 0.585. The van der Waals surface area contributed by atoms with Crippen LogP contribution in [0.5, 0.6) is 5.75 Å². The van der Waals surface area contributed by atoms with E-state index >= 15 is 0 Å². The minimum atomic E-state index is -1.01. The molecule has 0 bridgehead atoms. The molecule has 1 atom stereocenters. The average molecular weight is 253 g/mol. The maximum atomic E-state index is 11.9. The van der Waals surface area contributed by atoms with E-state index in [1.54, 1.807) is 32.2 Å². The fourth-order valence-corrected chi connectivity index (χ4v) is 1.72. The lowest BCUT2D eigenvalue weighted by atomic mass is 9.91. The maximum absolute atomic E-state index is 11.9. The first-order valence-electron chi connectivity index (χ1n) is 5.66. The summed E-state index contributed by atoms with van der Waals surface area (Å²) in [6.45, 7) is 2.69. The van der Waals surface area contributed by atoms with Gasteiger partial charge in [-0.05, 0) is 24.6 Å². The summed E-state index contributed by atoms with van der Waals surface area (Å²) in [6.07, 6.45) is 0. The second-order valence-corrected chi connectivity index (χ2v) is 4.09. The summed E-state index contributed by atoms with van der Waals surface area (Å²) in [5.74, 6) is -0.305. The number of nitrogens with one attached hydrogen (secondary N) is 1. The largest absolute Gasteiger partial charge is 0.508 e. The Kier molecular flexibility index (Phi) is 5.12. The normalized spacial score (nSPS) is 13.9. The summed E-state index contributed by atoms with van der Waals surface area (Å²) in [5, 5.41) is 12.6. The summed E-state index contributed by atoms with van der Waals surface area (Å²) in [6, 6.07) is 6.54. The van der Waals surface area contributed by atoms with E-state index in [2.05, 4.69) is 5.32 Å². The minimum absolute atomic E-state index is 0.108. The molecule has 1 aromatic carbocycles. The molecule has 1 unspecified atom stereocenters. The molecule has 2 N–H and O–H groups in total. The molecule has 0 heterocycles. The van der Waals surface area contributed by atoms with Gasteiger partial charge in [0.15, 0.2) is 0 Å². The van der Waals surface area contributed by atoms with E-state index in [-0.39, 0.29) is 5.75 Å². The van der Waals surface area contributed by atoms with Gasteiger partial charge in [-0.2, -0.15) is 0 Å². The standard InChI is InChI=1S/C13H19NO4/c1-13(12(16)18-3,14-7-8-17-2)10-5-4-6-11(15)9-10/h4-6,9,14-15H,7-8H2,1-3H3. The van der Waals surface area contributed by atoms with E-state index in [9.17, 15) is 9.90 Å². The lowest BCUT2D eigenvalue weighted by Gasteiger charge is -2.28. The van der Waals surface area contributed by atoms with Gasteiger partial charge in [-0.15, -0.1) is 0 Å². The van der Waals surface area contributed by atoms with Crippen LogP contribution in [0.3, 0.4) is 0 Å². The summed E-state index contributed by atoms with van der Waals surface area (Å²) < 4.78 is 9.76. The van der Waals surface area contributed by atoms with E-state index < -0.39 is 11.5 Å². The summed E-state index contributed by atoms with van der Waals surface area (Å²) in [4.78, 5) is 11.9.